The number of aliphatic carboxylic acids is 1. The van der Waals surface area contributed by atoms with Gasteiger partial charge in [0.2, 0.25) is 0 Å². The average Bonchev–Trinajstić information content (AvgIpc) is 2.85. The molecule has 0 radical (unpaired) electrons. The minimum Gasteiger partial charge on any atom is -0.481 e. The van der Waals surface area contributed by atoms with Gasteiger partial charge in [-0.05, 0) is 31.3 Å². The van der Waals surface area contributed by atoms with Gasteiger partial charge in [0.25, 0.3) is 0 Å². The third kappa shape index (κ3) is 4.21. The monoisotopic (exact) mass is 337 g/mol. The fourth-order valence-electron chi connectivity index (χ4n) is 1.89. The molecule has 0 aliphatic carbocycles. The Morgan fingerprint density at radius 2 is 2.15 bits per heavy atom. The first-order chi connectivity index (χ1) is 9.54. The summed E-state index contributed by atoms with van der Waals surface area (Å²) in [6, 6.07) is 11.8. The molecule has 0 amide bonds. The number of hydrogen-bond donors (Lipinski definition) is 1. The summed E-state index contributed by atoms with van der Waals surface area (Å²) in [5, 5.41) is 8.65. The normalized spacial score (nSPS) is 10.9. The second-order valence-electron chi connectivity index (χ2n) is 4.66. The number of nitrogens with zero attached hydrogens (tertiary/aromatic N) is 1. The van der Waals surface area contributed by atoms with E-state index in [0.29, 0.717) is 13.1 Å². The second-order valence-corrected chi connectivity index (χ2v) is 5.57. The number of furan rings is 1. The van der Waals surface area contributed by atoms with Crippen LogP contribution in [0.4, 0.5) is 0 Å². The smallest absolute Gasteiger partial charge is 0.304 e. The van der Waals surface area contributed by atoms with Crippen molar-refractivity contribution in [3.05, 3.63) is 46.6 Å². The van der Waals surface area contributed by atoms with Gasteiger partial charge in [0.15, 0.2) is 0 Å². The van der Waals surface area contributed by atoms with Gasteiger partial charge in [-0.2, -0.15) is 0 Å². The van der Waals surface area contributed by atoms with Crippen LogP contribution in [0.2, 0.25) is 0 Å². The number of hydrogen-bond acceptors (Lipinski definition) is 3. The van der Waals surface area contributed by atoms with Gasteiger partial charge in [-0.3, -0.25) is 9.69 Å². The van der Waals surface area contributed by atoms with Crippen LogP contribution in [-0.4, -0.2) is 29.6 Å². The van der Waals surface area contributed by atoms with Crippen molar-refractivity contribution in [1.82, 2.24) is 4.90 Å². The van der Waals surface area contributed by atoms with E-state index in [1.54, 1.807) is 0 Å². The molecule has 0 fully saturated rings. The van der Waals surface area contributed by atoms with Crippen molar-refractivity contribution in [3.63, 3.8) is 0 Å². The van der Waals surface area contributed by atoms with Crippen molar-refractivity contribution in [2.24, 2.45) is 0 Å². The van der Waals surface area contributed by atoms with Crippen LogP contribution in [-0.2, 0) is 11.3 Å². The van der Waals surface area contributed by atoms with E-state index in [1.165, 1.54) is 0 Å². The first-order valence-electron chi connectivity index (χ1n) is 6.29. The van der Waals surface area contributed by atoms with Crippen molar-refractivity contribution >= 4 is 21.9 Å². The number of carboxylic acids is 1. The Morgan fingerprint density at radius 3 is 2.85 bits per heavy atom. The molecule has 2 rings (SSSR count). The first-order valence-corrected chi connectivity index (χ1v) is 7.09. The summed E-state index contributed by atoms with van der Waals surface area (Å²) in [7, 11) is 1.88. The average molecular weight is 338 g/mol. The highest BCUT2D eigenvalue weighted by Crippen LogP contribution is 2.25. The van der Waals surface area contributed by atoms with Gasteiger partial charge < -0.3 is 9.52 Å². The maximum absolute atomic E-state index is 10.5. The summed E-state index contributed by atoms with van der Waals surface area (Å²) in [5.74, 6) is 0.854. The molecule has 0 atom stereocenters. The summed E-state index contributed by atoms with van der Waals surface area (Å²) in [4.78, 5) is 12.5. The molecule has 106 valence electrons. The number of carbonyl (C=O) groups is 1. The molecule has 1 N–H and O–H groups in total. The van der Waals surface area contributed by atoms with Crippen molar-refractivity contribution < 1.29 is 14.3 Å². The Kier molecular flexibility index (Phi) is 4.98. The van der Waals surface area contributed by atoms with Crippen LogP contribution < -0.4 is 0 Å². The lowest BCUT2D eigenvalue weighted by Gasteiger charge is -2.13. The predicted molar refractivity (Wildman–Crippen MR) is 80.4 cm³/mol. The molecule has 1 aromatic carbocycles. The van der Waals surface area contributed by atoms with Crippen molar-refractivity contribution in [3.8, 4) is 11.3 Å². The van der Waals surface area contributed by atoms with Crippen LogP contribution >= 0.6 is 15.9 Å². The zero-order valence-corrected chi connectivity index (χ0v) is 12.8. The summed E-state index contributed by atoms with van der Waals surface area (Å²) < 4.78 is 6.80. The molecule has 5 heteroatoms. The van der Waals surface area contributed by atoms with E-state index in [2.05, 4.69) is 15.9 Å². The quantitative estimate of drug-likeness (QED) is 0.874. The zero-order valence-electron chi connectivity index (χ0n) is 11.2. The maximum atomic E-state index is 10.5. The highest BCUT2D eigenvalue weighted by Gasteiger charge is 2.08. The maximum Gasteiger partial charge on any atom is 0.304 e. The van der Waals surface area contributed by atoms with E-state index in [4.69, 9.17) is 9.52 Å². The predicted octanol–water partition coefficient (Wildman–Crippen LogP) is 3.62. The van der Waals surface area contributed by atoms with Crippen molar-refractivity contribution in [1.29, 1.82) is 0 Å². The molecular weight excluding hydrogens is 322 g/mol. The highest BCUT2D eigenvalue weighted by molar-refractivity contribution is 9.10. The van der Waals surface area contributed by atoms with E-state index in [9.17, 15) is 4.79 Å². The van der Waals surface area contributed by atoms with Gasteiger partial charge in [0.05, 0.1) is 13.0 Å². The molecule has 20 heavy (non-hydrogen) atoms. The standard InChI is InChI=1S/C15H16BrNO3/c1-17(8-7-15(18)19)10-13-5-6-14(20-13)11-3-2-4-12(16)9-11/h2-6,9H,7-8,10H2,1H3,(H,18,19). The molecule has 1 heterocycles. The fraction of sp³-hybridized carbons (Fsp3) is 0.267. The van der Waals surface area contributed by atoms with Gasteiger partial charge in [0, 0.05) is 16.6 Å². The van der Waals surface area contributed by atoms with E-state index in [-0.39, 0.29) is 6.42 Å². The Morgan fingerprint density at radius 1 is 1.35 bits per heavy atom. The highest BCUT2D eigenvalue weighted by atomic mass is 79.9. The Bertz CT molecular complexity index is 594. The molecule has 2 aromatic rings. The molecule has 4 nitrogen and oxygen atoms in total. The summed E-state index contributed by atoms with van der Waals surface area (Å²) >= 11 is 3.44. The molecule has 0 saturated carbocycles. The van der Waals surface area contributed by atoms with Crippen LogP contribution in [0.5, 0.6) is 0 Å². The molecule has 0 spiro atoms. The summed E-state index contributed by atoms with van der Waals surface area (Å²) in [5.41, 5.74) is 1.01. The van der Waals surface area contributed by atoms with Crippen LogP contribution in [0.15, 0.2) is 45.3 Å². The van der Waals surface area contributed by atoms with Gasteiger partial charge in [-0.15, -0.1) is 0 Å². The number of benzene rings is 1. The number of rotatable bonds is 6. The van der Waals surface area contributed by atoms with Gasteiger partial charge in [-0.25, -0.2) is 0 Å². The van der Waals surface area contributed by atoms with E-state index in [1.807, 2.05) is 48.3 Å². The van der Waals surface area contributed by atoms with Crippen molar-refractivity contribution in [2.75, 3.05) is 13.6 Å². The van der Waals surface area contributed by atoms with Crippen LogP contribution in [0.25, 0.3) is 11.3 Å². The van der Waals surface area contributed by atoms with Gasteiger partial charge in [0.1, 0.15) is 11.5 Å². The van der Waals surface area contributed by atoms with E-state index >= 15 is 0 Å². The second kappa shape index (κ2) is 6.72. The first kappa shape index (κ1) is 14.8. The van der Waals surface area contributed by atoms with Crippen LogP contribution in [0.1, 0.15) is 12.2 Å². The fourth-order valence-corrected chi connectivity index (χ4v) is 2.29. The Labute approximate surface area is 126 Å². The minimum absolute atomic E-state index is 0.135. The lowest BCUT2D eigenvalue weighted by Crippen LogP contribution is -2.20. The third-order valence-electron chi connectivity index (χ3n) is 2.90. The molecule has 0 saturated heterocycles. The molecule has 0 aliphatic heterocycles. The molecule has 1 aromatic heterocycles. The number of halogens is 1. The molecular formula is C15H16BrNO3. The molecule has 0 aliphatic rings. The lowest BCUT2D eigenvalue weighted by atomic mass is 10.2. The van der Waals surface area contributed by atoms with Crippen LogP contribution in [0, 0.1) is 0 Å². The summed E-state index contributed by atoms with van der Waals surface area (Å²) in [6.07, 6.45) is 0.135. The summed E-state index contributed by atoms with van der Waals surface area (Å²) in [6.45, 7) is 1.10. The topological polar surface area (TPSA) is 53.7 Å². The van der Waals surface area contributed by atoms with Crippen molar-refractivity contribution in [2.45, 2.75) is 13.0 Å². The van der Waals surface area contributed by atoms with Gasteiger partial charge >= 0.3 is 5.97 Å². The van der Waals surface area contributed by atoms with E-state index < -0.39 is 5.97 Å². The third-order valence-corrected chi connectivity index (χ3v) is 3.40. The zero-order chi connectivity index (χ0) is 14.5. The largest absolute Gasteiger partial charge is 0.481 e. The Hall–Kier alpha value is -1.59. The van der Waals surface area contributed by atoms with Gasteiger partial charge in [-0.1, -0.05) is 28.1 Å². The van der Waals surface area contributed by atoms with Crippen LogP contribution in [0.3, 0.4) is 0 Å². The Balaban J connectivity index is 2.00. The SMILES string of the molecule is CN(CCC(=O)O)Cc1ccc(-c2cccc(Br)c2)o1. The lowest BCUT2D eigenvalue weighted by molar-refractivity contribution is -0.137. The number of carboxylic acid groups (broad SMARTS) is 1. The molecule has 0 bridgehead atoms. The molecule has 0 unspecified atom stereocenters. The minimum atomic E-state index is -0.786. The van der Waals surface area contributed by atoms with E-state index in [0.717, 1.165) is 21.6 Å².